The van der Waals surface area contributed by atoms with E-state index < -0.39 is 9.50 Å². The standard InChI is InChI=1S/C6H5BrFNO2/c7-6(8)3-1-5(2-4-6)9(10)11/h1-3H,4H2. The molecule has 3 nitrogen and oxygen atoms in total. The third-order valence-electron chi connectivity index (χ3n) is 1.29. The molecule has 0 aromatic carbocycles. The van der Waals surface area contributed by atoms with Gasteiger partial charge in [-0.05, 0) is 28.1 Å². The molecule has 0 aromatic rings. The second kappa shape index (κ2) is 2.73. The summed E-state index contributed by atoms with van der Waals surface area (Å²) in [6, 6.07) is 0. The lowest BCUT2D eigenvalue weighted by Crippen LogP contribution is -2.13. The fraction of sp³-hybridized carbons (Fsp3) is 0.333. The highest BCUT2D eigenvalue weighted by Gasteiger charge is 2.26. The Balaban J connectivity index is 2.75. The predicted octanol–water partition coefficient (Wildman–Crippen LogP) is 2.17. The first-order valence-corrected chi connectivity index (χ1v) is 3.72. The van der Waals surface area contributed by atoms with E-state index in [0.29, 0.717) is 0 Å². The van der Waals surface area contributed by atoms with Crippen LogP contribution >= 0.6 is 15.9 Å². The minimum atomic E-state index is -1.60. The molecule has 1 aliphatic rings. The summed E-state index contributed by atoms with van der Waals surface area (Å²) in [5, 5.41) is 10.1. The Morgan fingerprint density at radius 3 is 2.82 bits per heavy atom. The third-order valence-corrected chi connectivity index (χ3v) is 1.88. The molecule has 0 heterocycles. The molecule has 0 saturated carbocycles. The maximum atomic E-state index is 12.9. The fourth-order valence-electron chi connectivity index (χ4n) is 0.719. The van der Waals surface area contributed by atoms with Crippen LogP contribution in [0.1, 0.15) is 6.42 Å². The molecule has 1 aliphatic carbocycles. The molecule has 0 aliphatic heterocycles. The molecule has 60 valence electrons. The SMILES string of the molecule is O=[N+]([O-])C1=CCC(F)(Br)C=C1. The van der Waals surface area contributed by atoms with Crippen molar-refractivity contribution < 1.29 is 9.31 Å². The number of rotatable bonds is 1. The Morgan fingerprint density at radius 2 is 2.45 bits per heavy atom. The molecule has 1 rings (SSSR count). The normalized spacial score (nSPS) is 29.8. The van der Waals surface area contributed by atoms with Gasteiger partial charge in [-0.3, -0.25) is 10.1 Å². The van der Waals surface area contributed by atoms with Gasteiger partial charge in [0, 0.05) is 12.5 Å². The number of halogens is 2. The zero-order chi connectivity index (χ0) is 8.48. The van der Waals surface area contributed by atoms with E-state index in [9.17, 15) is 14.5 Å². The Bertz CT molecular complexity index is 247. The fourth-order valence-corrected chi connectivity index (χ4v) is 1.01. The first-order chi connectivity index (χ1) is 5.01. The molecule has 0 aromatic heterocycles. The van der Waals surface area contributed by atoms with Crippen LogP contribution in [0.25, 0.3) is 0 Å². The molecular weight excluding hydrogens is 217 g/mol. The van der Waals surface area contributed by atoms with Gasteiger partial charge in [0.1, 0.15) is 0 Å². The van der Waals surface area contributed by atoms with Crippen molar-refractivity contribution in [2.75, 3.05) is 0 Å². The van der Waals surface area contributed by atoms with Crippen molar-refractivity contribution in [3.63, 3.8) is 0 Å². The lowest BCUT2D eigenvalue weighted by Gasteiger charge is -2.12. The van der Waals surface area contributed by atoms with Gasteiger partial charge in [-0.25, -0.2) is 4.39 Å². The van der Waals surface area contributed by atoms with Gasteiger partial charge < -0.3 is 0 Å². The topological polar surface area (TPSA) is 43.1 Å². The summed E-state index contributed by atoms with van der Waals surface area (Å²) in [4.78, 5) is 9.57. The summed E-state index contributed by atoms with van der Waals surface area (Å²) in [6.45, 7) is 0. The Labute approximate surface area is 70.9 Å². The molecule has 0 radical (unpaired) electrons. The molecule has 11 heavy (non-hydrogen) atoms. The van der Waals surface area contributed by atoms with Crippen LogP contribution in [0.3, 0.4) is 0 Å². The Kier molecular flexibility index (Phi) is 2.08. The maximum absolute atomic E-state index is 12.9. The molecule has 1 atom stereocenters. The van der Waals surface area contributed by atoms with Crippen molar-refractivity contribution >= 4 is 15.9 Å². The minimum Gasteiger partial charge on any atom is -0.258 e. The third kappa shape index (κ3) is 2.11. The average Bonchev–Trinajstić information content (AvgIpc) is 1.86. The van der Waals surface area contributed by atoms with E-state index in [1.54, 1.807) is 0 Å². The van der Waals surface area contributed by atoms with E-state index in [1.165, 1.54) is 6.08 Å². The van der Waals surface area contributed by atoms with Gasteiger partial charge >= 0.3 is 0 Å². The Morgan fingerprint density at radius 1 is 1.82 bits per heavy atom. The first-order valence-electron chi connectivity index (χ1n) is 2.93. The highest BCUT2D eigenvalue weighted by molar-refractivity contribution is 9.10. The summed E-state index contributed by atoms with van der Waals surface area (Å²) in [7, 11) is 0. The minimum absolute atomic E-state index is 0.000185. The van der Waals surface area contributed by atoms with Crippen molar-refractivity contribution in [3.8, 4) is 0 Å². The van der Waals surface area contributed by atoms with Crippen LogP contribution in [0.2, 0.25) is 0 Å². The first kappa shape index (κ1) is 8.39. The quantitative estimate of drug-likeness (QED) is 0.387. The molecule has 0 N–H and O–H groups in total. The van der Waals surface area contributed by atoms with Crippen LogP contribution in [0.4, 0.5) is 4.39 Å². The van der Waals surface area contributed by atoms with E-state index in [1.807, 2.05) is 0 Å². The van der Waals surface area contributed by atoms with Gasteiger partial charge in [-0.1, -0.05) is 0 Å². The van der Waals surface area contributed by atoms with Gasteiger partial charge in [0.25, 0.3) is 5.70 Å². The molecule has 0 fully saturated rings. The number of allylic oxidation sites excluding steroid dienone is 3. The molecule has 0 spiro atoms. The summed E-state index contributed by atoms with van der Waals surface area (Å²) in [6.07, 6.45) is 3.53. The molecule has 0 amide bonds. The van der Waals surface area contributed by atoms with Gasteiger partial charge in [-0.2, -0.15) is 0 Å². The van der Waals surface area contributed by atoms with E-state index in [2.05, 4.69) is 15.9 Å². The van der Waals surface area contributed by atoms with Gasteiger partial charge in [0.15, 0.2) is 4.58 Å². The Hall–Kier alpha value is -0.710. The van der Waals surface area contributed by atoms with Crippen molar-refractivity contribution in [3.05, 3.63) is 34.0 Å². The van der Waals surface area contributed by atoms with Crippen molar-refractivity contribution in [2.24, 2.45) is 0 Å². The zero-order valence-corrected chi connectivity index (χ0v) is 7.04. The number of hydrogen-bond donors (Lipinski definition) is 0. The second-order valence-electron chi connectivity index (χ2n) is 2.18. The van der Waals surface area contributed by atoms with Crippen LogP contribution in [0, 0.1) is 10.1 Å². The molecule has 0 bridgehead atoms. The number of hydrogen-bond acceptors (Lipinski definition) is 2. The molecular formula is C6H5BrFNO2. The molecule has 0 saturated heterocycles. The van der Waals surface area contributed by atoms with Crippen LogP contribution < -0.4 is 0 Å². The van der Waals surface area contributed by atoms with Crippen LogP contribution in [-0.4, -0.2) is 9.50 Å². The average molecular weight is 222 g/mol. The highest BCUT2D eigenvalue weighted by Crippen LogP contribution is 2.30. The number of nitrogens with zero attached hydrogens (tertiary/aromatic N) is 1. The van der Waals surface area contributed by atoms with Crippen molar-refractivity contribution in [1.29, 1.82) is 0 Å². The summed E-state index contributed by atoms with van der Waals surface area (Å²) in [5.41, 5.74) is -0.0577. The zero-order valence-electron chi connectivity index (χ0n) is 5.46. The summed E-state index contributed by atoms with van der Waals surface area (Å²) in [5.74, 6) is 0. The van der Waals surface area contributed by atoms with Crippen molar-refractivity contribution in [2.45, 2.75) is 11.0 Å². The van der Waals surface area contributed by atoms with E-state index in [4.69, 9.17) is 0 Å². The predicted molar refractivity (Wildman–Crippen MR) is 41.6 cm³/mol. The van der Waals surface area contributed by atoms with Crippen molar-refractivity contribution in [1.82, 2.24) is 0 Å². The lowest BCUT2D eigenvalue weighted by atomic mass is 10.1. The van der Waals surface area contributed by atoms with Crippen LogP contribution in [-0.2, 0) is 0 Å². The van der Waals surface area contributed by atoms with E-state index in [-0.39, 0.29) is 12.1 Å². The van der Waals surface area contributed by atoms with E-state index in [0.717, 1.165) is 12.2 Å². The van der Waals surface area contributed by atoms with Gasteiger partial charge in [-0.15, -0.1) is 0 Å². The summed E-state index contributed by atoms with van der Waals surface area (Å²) >= 11 is 2.75. The largest absolute Gasteiger partial charge is 0.265 e. The highest BCUT2D eigenvalue weighted by atomic mass is 79.9. The van der Waals surface area contributed by atoms with Crippen LogP contribution in [0.5, 0.6) is 0 Å². The van der Waals surface area contributed by atoms with Gasteiger partial charge in [0.2, 0.25) is 0 Å². The number of nitro groups is 1. The summed E-state index contributed by atoms with van der Waals surface area (Å²) < 4.78 is 11.3. The lowest BCUT2D eigenvalue weighted by molar-refractivity contribution is -0.419. The van der Waals surface area contributed by atoms with Gasteiger partial charge in [0.05, 0.1) is 4.92 Å². The molecule has 1 unspecified atom stereocenters. The molecule has 5 heteroatoms. The van der Waals surface area contributed by atoms with Crippen LogP contribution in [0.15, 0.2) is 23.9 Å². The smallest absolute Gasteiger partial charge is 0.258 e. The van der Waals surface area contributed by atoms with E-state index >= 15 is 0 Å². The maximum Gasteiger partial charge on any atom is 0.265 e. The number of alkyl halides is 2. The second-order valence-corrected chi connectivity index (χ2v) is 3.50. The monoisotopic (exact) mass is 221 g/mol.